The highest BCUT2D eigenvalue weighted by molar-refractivity contribution is 7.20. The molecule has 3 aromatic rings. The number of aliphatic imine (C=N–C) groups is 1. The van der Waals surface area contributed by atoms with E-state index in [4.69, 9.17) is 16.2 Å². The minimum atomic E-state index is -0.625. The fourth-order valence-electron chi connectivity index (χ4n) is 5.13. The molecule has 2 aromatic carbocycles. The molecule has 2 amide bonds. The second kappa shape index (κ2) is 14.2. The van der Waals surface area contributed by atoms with Gasteiger partial charge >= 0.3 is 0 Å². The number of nitrogens with zero attached hydrogens (tertiary/aromatic N) is 3. The molecule has 2 heterocycles. The van der Waals surface area contributed by atoms with Gasteiger partial charge in [-0.3, -0.25) is 29.6 Å². The average molecular weight is 580 g/mol. The minimum absolute atomic E-state index is 0.0143. The predicted octanol–water partition coefficient (Wildman–Crippen LogP) is 1.85. The van der Waals surface area contributed by atoms with E-state index < -0.39 is 29.9 Å². The number of rotatable bonds is 13. The maximum absolute atomic E-state index is 13.9. The Labute approximate surface area is 243 Å². The summed E-state index contributed by atoms with van der Waals surface area (Å²) in [6.07, 6.45) is 2.67. The molecule has 1 aromatic heterocycles. The quantitative estimate of drug-likeness (QED) is 0.102. The SMILES string of the molecule is CN[C@H](Cc1ccccc1)C(=O)NC(=O)[C@@H]1CCCN1[C@@H](CCCN=C(N)N)C(=O)c1nc2ccc(OC)cc2s1. The lowest BCUT2D eigenvalue weighted by Crippen LogP contribution is -2.54. The van der Waals surface area contributed by atoms with Gasteiger partial charge in [-0.2, -0.15) is 0 Å². The first-order chi connectivity index (χ1) is 19.8. The normalized spacial score (nSPS) is 16.7. The van der Waals surface area contributed by atoms with Gasteiger partial charge in [0.1, 0.15) is 5.75 Å². The van der Waals surface area contributed by atoms with E-state index in [-0.39, 0.29) is 11.7 Å². The third-order valence-corrected chi connectivity index (χ3v) is 8.26. The molecule has 6 N–H and O–H groups in total. The van der Waals surface area contributed by atoms with Crippen molar-refractivity contribution in [3.8, 4) is 5.75 Å². The molecule has 41 heavy (non-hydrogen) atoms. The number of Topliss-reactive ketones (excluding diaryl/α,β-unsaturated/α-hetero) is 1. The Morgan fingerprint density at radius 3 is 2.68 bits per heavy atom. The van der Waals surface area contributed by atoms with E-state index in [1.165, 1.54) is 11.3 Å². The number of ketones is 1. The van der Waals surface area contributed by atoms with E-state index in [0.29, 0.717) is 55.0 Å². The summed E-state index contributed by atoms with van der Waals surface area (Å²) in [5, 5.41) is 5.96. The van der Waals surface area contributed by atoms with Gasteiger partial charge in [0.25, 0.3) is 0 Å². The molecule has 0 radical (unpaired) electrons. The van der Waals surface area contributed by atoms with Crippen LogP contribution in [-0.2, 0) is 16.0 Å². The van der Waals surface area contributed by atoms with E-state index in [9.17, 15) is 14.4 Å². The van der Waals surface area contributed by atoms with Crippen LogP contribution in [0.2, 0.25) is 0 Å². The van der Waals surface area contributed by atoms with Crippen LogP contribution in [0.15, 0.2) is 53.5 Å². The maximum atomic E-state index is 13.9. The second-order valence-corrected chi connectivity index (χ2v) is 11.0. The van der Waals surface area contributed by atoms with Crippen LogP contribution < -0.4 is 26.8 Å². The first kappa shape index (κ1) is 30.1. The molecule has 12 heteroatoms. The Morgan fingerprint density at radius 1 is 1.20 bits per heavy atom. The summed E-state index contributed by atoms with van der Waals surface area (Å²) in [6.45, 7) is 0.902. The lowest BCUT2D eigenvalue weighted by atomic mass is 10.0. The first-order valence-corrected chi connectivity index (χ1v) is 14.5. The number of likely N-dealkylation sites (N-methyl/N-ethyl adjacent to an activating group) is 1. The standard InChI is InChI=1S/C29H37N7O4S/c1-32-21(16-18-8-4-3-5-9-18)26(38)35-27(39)23-11-7-15-36(23)22(10-6-14-33-29(30)31)25(37)28-34-20-13-12-19(40-2)17-24(20)41-28/h3-5,8-9,12-13,17,21-23,32H,6-7,10-11,14-16H2,1-2H3,(H4,30,31,33)(H,35,38,39)/t21-,22+,23+/m1/s1. The Hall–Kier alpha value is -3.87. The third kappa shape index (κ3) is 7.66. The fourth-order valence-corrected chi connectivity index (χ4v) is 6.11. The van der Waals surface area contributed by atoms with E-state index in [1.807, 2.05) is 47.4 Å². The molecule has 11 nitrogen and oxygen atoms in total. The van der Waals surface area contributed by atoms with Crippen molar-refractivity contribution in [3.05, 3.63) is 59.1 Å². The summed E-state index contributed by atoms with van der Waals surface area (Å²) in [4.78, 5) is 51.0. The van der Waals surface area contributed by atoms with Crippen LogP contribution in [0.4, 0.5) is 0 Å². The summed E-state index contributed by atoms with van der Waals surface area (Å²) in [6, 6.07) is 13.3. The van der Waals surface area contributed by atoms with E-state index in [1.54, 1.807) is 20.2 Å². The number of likely N-dealkylation sites (tertiary alicyclic amines) is 1. The molecular weight excluding hydrogens is 542 g/mol. The second-order valence-electron chi connectivity index (χ2n) is 9.96. The summed E-state index contributed by atoms with van der Waals surface area (Å²) in [7, 11) is 3.28. The van der Waals surface area contributed by atoms with Gasteiger partial charge in [0.2, 0.25) is 17.6 Å². The average Bonchev–Trinajstić information content (AvgIpc) is 3.63. The molecule has 1 fully saturated rings. The van der Waals surface area contributed by atoms with Crippen molar-refractivity contribution < 1.29 is 19.1 Å². The number of amides is 2. The van der Waals surface area contributed by atoms with Gasteiger partial charge in [0.05, 0.1) is 35.5 Å². The lowest BCUT2D eigenvalue weighted by Gasteiger charge is -2.31. The Morgan fingerprint density at radius 2 is 1.98 bits per heavy atom. The van der Waals surface area contributed by atoms with Crippen molar-refractivity contribution in [1.82, 2.24) is 20.5 Å². The zero-order chi connectivity index (χ0) is 29.4. The number of benzene rings is 2. The summed E-state index contributed by atoms with van der Waals surface area (Å²) in [5.74, 6) is -0.305. The molecule has 0 spiro atoms. The first-order valence-electron chi connectivity index (χ1n) is 13.7. The summed E-state index contributed by atoms with van der Waals surface area (Å²) in [5.41, 5.74) is 12.7. The van der Waals surface area contributed by atoms with Crippen LogP contribution in [0.25, 0.3) is 10.2 Å². The van der Waals surface area contributed by atoms with Gasteiger partial charge in [0, 0.05) is 6.54 Å². The highest BCUT2D eigenvalue weighted by Gasteiger charge is 2.40. The minimum Gasteiger partial charge on any atom is -0.497 e. The van der Waals surface area contributed by atoms with Crippen molar-refractivity contribution in [3.63, 3.8) is 0 Å². The summed E-state index contributed by atoms with van der Waals surface area (Å²) >= 11 is 1.30. The Balaban J connectivity index is 1.52. The van der Waals surface area contributed by atoms with Crippen molar-refractivity contribution >= 4 is 45.1 Å². The van der Waals surface area contributed by atoms with Crippen LogP contribution >= 0.6 is 11.3 Å². The number of carbonyl (C=O) groups is 3. The molecular formula is C29H37N7O4S. The van der Waals surface area contributed by atoms with E-state index in [2.05, 4.69) is 20.6 Å². The molecule has 0 aliphatic carbocycles. The van der Waals surface area contributed by atoms with E-state index >= 15 is 0 Å². The molecule has 1 saturated heterocycles. The van der Waals surface area contributed by atoms with Gasteiger partial charge in [0.15, 0.2) is 11.0 Å². The van der Waals surface area contributed by atoms with Crippen LogP contribution in [0.5, 0.6) is 5.75 Å². The highest BCUT2D eigenvalue weighted by atomic mass is 32.1. The molecule has 0 bridgehead atoms. The molecule has 4 rings (SSSR count). The van der Waals surface area contributed by atoms with Crippen molar-refractivity contribution in [1.29, 1.82) is 0 Å². The molecule has 1 aliphatic heterocycles. The third-order valence-electron chi connectivity index (χ3n) is 7.23. The fraction of sp³-hybridized carbons (Fsp3) is 0.414. The van der Waals surface area contributed by atoms with Crippen LogP contribution in [-0.4, -0.2) is 78.8 Å². The monoisotopic (exact) mass is 579 g/mol. The summed E-state index contributed by atoms with van der Waals surface area (Å²) < 4.78 is 6.15. The zero-order valence-electron chi connectivity index (χ0n) is 23.3. The number of nitrogens with two attached hydrogens (primary N) is 2. The van der Waals surface area contributed by atoms with Gasteiger partial charge in [-0.1, -0.05) is 30.3 Å². The molecule has 1 aliphatic rings. The molecule has 218 valence electrons. The number of guanidine groups is 1. The number of fused-ring (bicyclic) bond motifs is 1. The van der Waals surface area contributed by atoms with Gasteiger partial charge in [-0.25, -0.2) is 4.98 Å². The van der Waals surface area contributed by atoms with Crippen LogP contribution in [0, 0.1) is 0 Å². The Bertz CT molecular complexity index is 1390. The number of carbonyl (C=O) groups excluding carboxylic acids is 3. The lowest BCUT2D eigenvalue weighted by molar-refractivity contribution is -0.134. The van der Waals surface area contributed by atoms with Gasteiger partial charge < -0.3 is 21.5 Å². The topological polar surface area (TPSA) is 165 Å². The number of nitrogens with one attached hydrogen (secondary N) is 2. The smallest absolute Gasteiger partial charge is 0.244 e. The number of thiazole rings is 1. The van der Waals surface area contributed by atoms with Crippen LogP contribution in [0.3, 0.4) is 0 Å². The number of hydrogen-bond donors (Lipinski definition) is 4. The number of hydrogen-bond acceptors (Lipinski definition) is 9. The van der Waals surface area contributed by atoms with Crippen LogP contribution in [0.1, 0.15) is 41.0 Å². The van der Waals surface area contributed by atoms with Gasteiger partial charge in [-0.05, 0) is 69.5 Å². The van der Waals surface area contributed by atoms with Crippen molar-refractivity contribution in [2.45, 2.75) is 50.2 Å². The number of methoxy groups -OCH3 is 1. The predicted molar refractivity (Wildman–Crippen MR) is 160 cm³/mol. The molecule has 3 atom stereocenters. The van der Waals surface area contributed by atoms with E-state index in [0.717, 1.165) is 16.7 Å². The van der Waals surface area contributed by atoms with Gasteiger partial charge in [-0.15, -0.1) is 11.3 Å². The zero-order valence-corrected chi connectivity index (χ0v) is 24.2. The molecule has 0 unspecified atom stereocenters. The Kier molecular flexibility index (Phi) is 10.4. The number of aromatic nitrogens is 1. The highest BCUT2D eigenvalue weighted by Crippen LogP contribution is 2.30. The maximum Gasteiger partial charge on any atom is 0.244 e. The van der Waals surface area contributed by atoms with Crippen molar-refractivity contribution in [2.75, 3.05) is 27.2 Å². The largest absolute Gasteiger partial charge is 0.497 e. The van der Waals surface area contributed by atoms with Crippen molar-refractivity contribution in [2.24, 2.45) is 16.5 Å². The number of imide groups is 1. The molecule has 0 saturated carbocycles. The number of ether oxygens (including phenoxy) is 1.